The first-order valence-corrected chi connectivity index (χ1v) is 6.20. The van der Waals surface area contributed by atoms with Crippen molar-refractivity contribution in [1.29, 1.82) is 0 Å². The van der Waals surface area contributed by atoms with Crippen molar-refractivity contribution in [3.8, 4) is 0 Å². The number of aryl methyl sites for hydroxylation is 1. The van der Waals surface area contributed by atoms with Gasteiger partial charge in [-0.3, -0.25) is 4.68 Å². The molecule has 3 rings (SSSR count). The highest BCUT2D eigenvalue weighted by Crippen LogP contribution is 2.29. The summed E-state index contributed by atoms with van der Waals surface area (Å²) in [6, 6.07) is 2.57. The predicted molar refractivity (Wildman–Crippen MR) is 66.5 cm³/mol. The summed E-state index contributed by atoms with van der Waals surface area (Å²) in [5, 5.41) is 7.98. The summed E-state index contributed by atoms with van der Waals surface area (Å²) in [6.07, 6.45) is 9.64. The first kappa shape index (κ1) is 10.6. The highest BCUT2D eigenvalue weighted by Gasteiger charge is 2.22. The highest BCUT2D eigenvalue weighted by molar-refractivity contribution is 5.25. The Balaban J connectivity index is 1.72. The Kier molecular flexibility index (Phi) is 2.73. The second-order valence-corrected chi connectivity index (χ2v) is 4.72. The third-order valence-electron chi connectivity index (χ3n) is 3.59. The number of H-pyrrole nitrogens is 1. The number of aromatic amines is 1. The van der Waals surface area contributed by atoms with E-state index < -0.39 is 0 Å². The second-order valence-electron chi connectivity index (χ2n) is 4.72. The summed E-state index contributed by atoms with van der Waals surface area (Å²) in [5.41, 5.74) is 4.08. The zero-order valence-corrected chi connectivity index (χ0v) is 10.1. The van der Waals surface area contributed by atoms with E-state index in [1.165, 1.54) is 29.7 Å². The molecule has 0 radical (unpaired) electrons. The summed E-state index contributed by atoms with van der Waals surface area (Å²) in [5.74, 6) is 0. The van der Waals surface area contributed by atoms with Crippen LogP contribution in [0.15, 0.2) is 24.7 Å². The molecule has 2 aromatic rings. The molecule has 17 heavy (non-hydrogen) atoms. The molecule has 0 aromatic carbocycles. The first-order valence-electron chi connectivity index (χ1n) is 6.20. The lowest BCUT2D eigenvalue weighted by atomic mass is 9.93. The van der Waals surface area contributed by atoms with Crippen molar-refractivity contribution in [3.05, 3.63) is 41.5 Å². The van der Waals surface area contributed by atoms with Crippen LogP contribution in [0.3, 0.4) is 0 Å². The van der Waals surface area contributed by atoms with E-state index in [0.717, 1.165) is 13.0 Å². The molecule has 0 bridgehead atoms. The van der Waals surface area contributed by atoms with Gasteiger partial charge < -0.3 is 10.3 Å². The fourth-order valence-corrected chi connectivity index (χ4v) is 2.63. The number of hydrogen-bond donors (Lipinski definition) is 2. The third kappa shape index (κ3) is 2.00. The maximum Gasteiger partial charge on any atom is 0.0540 e. The van der Waals surface area contributed by atoms with Crippen molar-refractivity contribution in [2.75, 3.05) is 0 Å². The standard InChI is InChI=1S/C13H18N4/c1-17-13-4-2-3-12(11(13)9-16-17)15-8-10-5-6-14-7-10/h5-7,9,12,14-15H,2-4,8H2,1H3. The molecule has 2 aromatic heterocycles. The molecule has 4 nitrogen and oxygen atoms in total. The molecule has 1 aliphatic rings. The Morgan fingerprint density at radius 1 is 1.59 bits per heavy atom. The van der Waals surface area contributed by atoms with Gasteiger partial charge in [-0.1, -0.05) is 0 Å². The van der Waals surface area contributed by atoms with Gasteiger partial charge in [0.1, 0.15) is 0 Å². The molecule has 2 N–H and O–H groups in total. The minimum absolute atomic E-state index is 0.461. The van der Waals surface area contributed by atoms with Gasteiger partial charge in [0, 0.05) is 43.3 Å². The topological polar surface area (TPSA) is 45.6 Å². The van der Waals surface area contributed by atoms with Gasteiger partial charge in [-0.05, 0) is 30.9 Å². The van der Waals surface area contributed by atoms with Gasteiger partial charge >= 0.3 is 0 Å². The Bertz CT molecular complexity index is 483. The second kappa shape index (κ2) is 4.37. The lowest BCUT2D eigenvalue weighted by Crippen LogP contribution is -2.24. The molecule has 0 spiro atoms. The normalized spacial score (nSPS) is 19.2. The number of nitrogens with one attached hydrogen (secondary N) is 2. The maximum atomic E-state index is 4.36. The minimum atomic E-state index is 0.461. The molecule has 1 atom stereocenters. The summed E-state index contributed by atoms with van der Waals surface area (Å²) in [4.78, 5) is 3.08. The van der Waals surface area contributed by atoms with E-state index in [9.17, 15) is 0 Å². The predicted octanol–water partition coefficient (Wildman–Crippen LogP) is 1.92. The van der Waals surface area contributed by atoms with Crippen molar-refractivity contribution in [3.63, 3.8) is 0 Å². The van der Waals surface area contributed by atoms with Gasteiger partial charge in [0.25, 0.3) is 0 Å². The quantitative estimate of drug-likeness (QED) is 0.846. The Hall–Kier alpha value is -1.55. The fraction of sp³-hybridized carbons (Fsp3) is 0.462. The van der Waals surface area contributed by atoms with E-state index in [1.54, 1.807) is 0 Å². The van der Waals surface area contributed by atoms with Gasteiger partial charge in [0.15, 0.2) is 0 Å². The average molecular weight is 230 g/mol. The Labute approximate surface area is 101 Å². The molecule has 0 saturated carbocycles. The van der Waals surface area contributed by atoms with E-state index in [0.29, 0.717) is 6.04 Å². The van der Waals surface area contributed by atoms with Gasteiger partial charge in [0.2, 0.25) is 0 Å². The van der Waals surface area contributed by atoms with Crippen molar-refractivity contribution < 1.29 is 0 Å². The minimum Gasteiger partial charge on any atom is -0.367 e. The van der Waals surface area contributed by atoms with Gasteiger partial charge in [-0.15, -0.1) is 0 Å². The van der Waals surface area contributed by atoms with Crippen molar-refractivity contribution in [2.24, 2.45) is 7.05 Å². The summed E-state index contributed by atoms with van der Waals surface area (Å²) in [7, 11) is 2.04. The molecule has 2 heterocycles. The monoisotopic (exact) mass is 230 g/mol. The van der Waals surface area contributed by atoms with Crippen LogP contribution in [-0.2, 0) is 20.0 Å². The summed E-state index contributed by atoms with van der Waals surface area (Å²) < 4.78 is 2.01. The largest absolute Gasteiger partial charge is 0.367 e. The van der Waals surface area contributed by atoms with Crippen LogP contribution in [0.5, 0.6) is 0 Å². The molecule has 0 fully saturated rings. The number of hydrogen-bond acceptors (Lipinski definition) is 2. The smallest absolute Gasteiger partial charge is 0.0540 e. The molecule has 90 valence electrons. The van der Waals surface area contributed by atoms with E-state index in [4.69, 9.17) is 0 Å². The molecule has 0 saturated heterocycles. The Morgan fingerprint density at radius 3 is 3.35 bits per heavy atom. The maximum absolute atomic E-state index is 4.36. The van der Waals surface area contributed by atoms with Crippen LogP contribution in [-0.4, -0.2) is 14.8 Å². The van der Waals surface area contributed by atoms with Gasteiger partial charge in [-0.2, -0.15) is 5.10 Å². The first-order chi connectivity index (χ1) is 8.34. The molecule has 0 aliphatic heterocycles. The number of rotatable bonds is 3. The van der Waals surface area contributed by atoms with Gasteiger partial charge in [0.05, 0.1) is 6.20 Å². The summed E-state index contributed by atoms with van der Waals surface area (Å²) in [6.45, 7) is 0.919. The van der Waals surface area contributed by atoms with Crippen molar-refractivity contribution in [1.82, 2.24) is 20.1 Å². The van der Waals surface area contributed by atoms with Crippen LogP contribution >= 0.6 is 0 Å². The average Bonchev–Trinajstić information content (AvgIpc) is 2.97. The van der Waals surface area contributed by atoms with E-state index in [2.05, 4.69) is 21.5 Å². The van der Waals surface area contributed by atoms with E-state index in [1.807, 2.05) is 30.3 Å². The SMILES string of the molecule is Cn1ncc2c1CCCC2NCc1cc[nH]c1. The molecule has 4 heteroatoms. The van der Waals surface area contributed by atoms with Gasteiger partial charge in [-0.25, -0.2) is 0 Å². The lowest BCUT2D eigenvalue weighted by molar-refractivity contribution is 0.452. The molecule has 0 amide bonds. The third-order valence-corrected chi connectivity index (χ3v) is 3.59. The zero-order chi connectivity index (χ0) is 11.7. The number of nitrogens with zero attached hydrogens (tertiary/aromatic N) is 2. The van der Waals surface area contributed by atoms with Crippen LogP contribution in [0.1, 0.15) is 35.7 Å². The molecular formula is C13H18N4. The lowest BCUT2D eigenvalue weighted by Gasteiger charge is -2.23. The highest BCUT2D eigenvalue weighted by atomic mass is 15.3. The van der Waals surface area contributed by atoms with Crippen LogP contribution in [0.25, 0.3) is 0 Å². The van der Waals surface area contributed by atoms with Crippen LogP contribution < -0.4 is 5.32 Å². The van der Waals surface area contributed by atoms with E-state index >= 15 is 0 Å². The molecule has 1 unspecified atom stereocenters. The van der Waals surface area contributed by atoms with Crippen molar-refractivity contribution in [2.45, 2.75) is 31.8 Å². The number of aromatic nitrogens is 3. The molecular weight excluding hydrogens is 212 g/mol. The fourth-order valence-electron chi connectivity index (χ4n) is 2.63. The van der Waals surface area contributed by atoms with Crippen LogP contribution in [0.4, 0.5) is 0 Å². The van der Waals surface area contributed by atoms with Crippen LogP contribution in [0, 0.1) is 0 Å². The van der Waals surface area contributed by atoms with Crippen LogP contribution in [0.2, 0.25) is 0 Å². The molecule has 1 aliphatic carbocycles. The van der Waals surface area contributed by atoms with Crippen molar-refractivity contribution >= 4 is 0 Å². The number of fused-ring (bicyclic) bond motifs is 1. The Morgan fingerprint density at radius 2 is 2.53 bits per heavy atom. The summed E-state index contributed by atoms with van der Waals surface area (Å²) >= 11 is 0. The zero-order valence-electron chi connectivity index (χ0n) is 10.1. The van der Waals surface area contributed by atoms with E-state index in [-0.39, 0.29) is 0 Å².